The van der Waals surface area contributed by atoms with Gasteiger partial charge in [-0.25, -0.2) is 8.91 Å². The molecule has 0 spiro atoms. The van der Waals surface area contributed by atoms with Gasteiger partial charge in [0.05, 0.1) is 0 Å². The quantitative estimate of drug-likeness (QED) is 0.376. The van der Waals surface area contributed by atoms with Crippen LogP contribution < -0.4 is 20.3 Å². The van der Waals surface area contributed by atoms with Crippen molar-refractivity contribution < 1.29 is 13.9 Å². The number of benzene rings is 2. The lowest BCUT2D eigenvalue weighted by Crippen LogP contribution is -2.44. The predicted octanol–water partition coefficient (Wildman–Crippen LogP) is 4.28. The molecule has 0 atom stereocenters. The minimum Gasteiger partial charge on any atom is -0.434 e. The van der Waals surface area contributed by atoms with Crippen LogP contribution in [-0.2, 0) is 4.79 Å². The average Bonchev–Trinajstić information content (AvgIpc) is 3.36. The van der Waals surface area contributed by atoms with Crippen LogP contribution in [0.2, 0.25) is 0 Å². The summed E-state index contributed by atoms with van der Waals surface area (Å²) in [5.41, 5.74) is 2.91. The molecule has 36 heavy (non-hydrogen) atoms. The molecule has 0 radical (unpaired) electrons. The number of halogens is 1. The lowest BCUT2D eigenvalue weighted by atomic mass is 10.2. The molecule has 4 aromatic rings. The Balaban J connectivity index is 1.37. The summed E-state index contributed by atoms with van der Waals surface area (Å²) >= 11 is 0. The van der Waals surface area contributed by atoms with Crippen LogP contribution in [0, 0.1) is 5.82 Å². The van der Waals surface area contributed by atoms with Crippen LogP contribution in [0.3, 0.4) is 0 Å². The fourth-order valence-corrected chi connectivity index (χ4v) is 3.94. The molecule has 1 saturated heterocycles. The average molecular weight is 488 g/mol. The number of fused-ring (bicyclic) bond motifs is 1. The van der Waals surface area contributed by atoms with Crippen molar-refractivity contribution in [2.24, 2.45) is 0 Å². The Morgan fingerprint density at radius 1 is 1.08 bits per heavy atom. The summed E-state index contributed by atoms with van der Waals surface area (Å²) in [5.74, 6) is -0.631. The molecule has 2 aromatic heterocycles. The second-order valence-electron chi connectivity index (χ2n) is 8.48. The smallest absolute Gasteiger partial charge is 0.248 e. The van der Waals surface area contributed by atoms with Gasteiger partial charge < -0.3 is 25.2 Å². The fraction of sp³-hybridized carbons (Fsp3) is 0.192. The van der Waals surface area contributed by atoms with E-state index in [1.807, 2.05) is 12.1 Å². The summed E-state index contributed by atoms with van der Waals surface area (Å²) < 4.78 is 22.0. The van der Waals surface area contributed by atoms with Gasteiger partial charge in [-0.2, -0.15) is 4.98 Å². The van der Waals surface area contributed by atoms with Crippen LogP contribution in [0.5, 0.6) is 11.6 Å². The summed E-state index contributed by atoms with van der Waals surface area (Å²) in [4.78, 5) is 20.8. The Kier molecular flexibility index (Phi) is 6.50. The largest absolute Gasteiger partial charge is 0.434 e. The van der Waals surface area contributed by atoms with Crippen LogP contribution in [0.4, 0.5) is 27.4 Å². The number of nitrogens with zero attached hydrogens (tertiary/aromatic N) is 5. The molecule has 0 aliphatic carbocycles. The molecular weight excluding hydrogens is 461 g/mol. The van der Waals surface area contributed by atoms with E-state index in [2.05, 4.69) is 56.3 Å². The summed E-state index contributed by atoms with van der Waals surface area (Å²) in [7, 11) is 2.13. The van der Waals surface area contributed by atoms with Crippen LogP contribution in [0.1, 0.15) is 0 Å². The molecule has 5 rings (SSSR count). The number of likely N-dealkylation sites (N-methyl/N-ethyl adjacent to an activating group) is 1. The molecular formula is C26H26FN7O2. The monoisotopic (exact) mass is 487 g/mol. The zero-order valence-electron chi connectivity index (χ0n) is 19.8. The first-order valence-corrected chi connectivity index (χ1v) is 11.6. The van der Waals surface area contributed by atoms with E-state index in [9.17, 15) is 9.18 Å². The Morgan fingerprint density at radius 3 is 2.58 bits per heavy atom. The molecule has 3 heterocycles. The highest BCUT2D eigenvalue weighted by atomic mass is 19.1. The van der Waals surface area contributed by atoms with Gasteiger partial charge >= 0.3 is 0 Å². The van der Waals surface area contributed by atoms with Crippen LogP contribution in [0.25, 0.3) is 5.52 Å². The molecule has 9 nitrogen and oxygen atoms in total. The Morgan fingerprint density at radius 2 is 1.83 bits per heavy atom. The number of hydrogen-bond donors (Lipinski definition) is 2. The van der Waals surface area contributed by atoms with Gasteiger partial charge in [0.15, 0.2) is 11.6 Å². The first-order valence-electron chi connectivity index (χ1n) is 11.6. The molecule has 1 aliphatic heterocycles. The molecule has 1 fully saturated rings. The zero-order chi connectivity index (χ0) is 25.1. The molecule has 0 unspecified atom stereocenters. The first-order chi connectivity index (χ1) is 17.5. The van der Waals surface area contributed by atoms with Gasteiger partial charge in [0.2, 0.25) is 17.7 Å². The topological polar surface area (TPSA) is 87.0 Å². The van der Waals surface area contributed by atoms with Crippen molar-refractivity contribution in [3.8, 4) is 11.6 Å². The van der Waals surface area contributed by atoms with E-state index in [4.69, 9.17) is 4.74 Å². The third-order valence-electron chi connectivity index (χ3n) is 5.94. The highest BCUT2D eigenvalue weighted by Crippen LogP contribution is 2.30. The van der Waals surface area contributed by atoms with E-state index in [-0.39, 0.29) is 17.6 Å². The lowest BCUT2D eigenvalue weighted by Gasteiger charge is -2.34. The SMILES string of the molecule is C=CC(=O)Nc1ccc(F)c(Oc2nc(Nc3ccc(N4CCN(C)CC4)cc3)nn3cccc23)c1. The van der Waals surface area contributed by atoms with E-state index < -0.39 is 11.7 Å². The van der Waals surface area contributed by atoms with Crippen LogP contribution in [-0.4, -0.2) is 58.6 Å². The number of carbonyl (C=O) groups excluding carboxylic acids is 1. The van der Waals surface area contributed by atoms with Crippen molar-refractivity contribution >= 4 is 34.4 Å². The zero-order valence-corrected chi connectivity index (χ0v) is 19.8. The molecule has 2 N–H and O–H groups in total. The van der Waals surface area contributed by atoms with Crippen molar-refractivity contribution in [3.05, 3.63) is 79.3 Å². The molecule has 1 amide bonds. The lowest BCUT2D eigenvalue weighted by molar-refractivity contribution is -0.111. The van der Waals surface area contributed by atoms with Crippen molar-refractivity contribution in [2.75, 3.05) is 48.8 Å². The van der Waals surface area contributed by atoms with E-state index in [1.165, 1.54) is 23.9 Å². The van der Waals surface area contributed by atoms with Gasteiger partial charge in [0.25, 0.3) is 0 Å². The van der Waals surface area contributed by atoms with E-state index in [0.717, 1.165) is 37.9 Å². The second kappa shape index (κ2) is 10.0. The summed E-state index contributed by atoms with van der Waals surface area (Å²) in [6.45, 7) is 7.48. The number of aromatic nitrogens is 3. The number of amides is 1. The summed E-state index contributed by atoms with van der Waals surface area (Å²) in [6, 6.07) is 15.7. The minimum atomic E-state index is -0.594. The molecule has 10 heteroatoms. The number of ether oxygens (including phenoxy) is 1. The van der Waals surface area contributed by atoms with Crippen molar-refractivity contribution in [3.63, 3.8) is 0 Å². The molecule has 2 aromatic carbocycles. The molecule has 0 bridgehead atoms. The number of carbonyl (C=O) groups is 1. The second-order valence-corrected chi connectivity index (χ2v) is 8.48. The van der Waals surface area contributed by atoms with Crippen molar-refractivity contribution in [1.82, 2.24) is 19.5 Å². The summed E-state index contributed by atoms with van der Waals surface area (Å²) in [6.07, 6.45) is 2.89. The van der Waals surface area contributed by atoms with Crippen LogP contribution in [0.15, 0.2) is 73.4 Å². The van der Waals surface area contributed by atoms with Crippen LogP contribution >= 0.6 is 0 Å². The standard InChI is InChI=1S/C26H26FN7O2/c1-3-24(35)28-19-8-11-21(27)23(17-19)36-25-22-5-4-12-34(22)31-26(30-25)29-18-6-9-20(10-7-18)33-15-13-32(2)14-16-33/h3-12,17H,1,13-16H2,2H3,(H,28,35)(H,29,31). The highest BCUT2D eigenvalue weighted by Gasteiger charge is 2.16. The maximum absolute atomic E-state index is 14.5. The minimum absolute atomic E-state index is 0.0823. The van der Waals surface area contributed by atoms with E-state index in [1.54, 1.807) is 22.8 Å². The third kappa shape index (κ3) is 5.13. The number of piperazine rings is 1. The fourth-order valence-electron chi connectivity index (χ4n) is 3.94. The normalized spacial score (nSPS) is 14.0. The van der Waals surface area contributed by atoms with Crippen molar-refractivity contribution in [1.29, 1.82) is 0 Å². The first kappa shape index (κ1) is 23.3. The molecule has 0 saturated carbocycles. The Bertz CT molecular complexity index is 1400. The molecule has 1 aliphatic rings. The van der Waals surface area contributed by atoms with Gasteiger partial charge in [-0.1, -0.05) is 6.58 Å². The van der Waals surface area contributed by atoms with E-state index in [0.29, 0.717) is 11.2 Å². The number of nitrogens with one attached hydrogen (secondary N) is 2. The van der Waals surface area contributed by atoms with E-state index >= 15 is 0 Å². The molecule has 184 valence electrons. The number of anilines is 4. The van der Waals surface area contributed by atoms with Gasteiger partial charge in [0.1, 0.15) is 5.52 Å². The van der Waals surface area contributed by atoms with Gasteiger partial charge in [-0.15, -0.1) is 5.10 Å². The predicted molar refractivity (Wildman–Crippen MR) is 138 cm³/mol. The highest BCUT2D eigenvalue weighted by molar-refractivity contribution is 5.98. The Labute approximate surface area is 207 Å². The third-order valence-corrected chi connectivity index (χ3v) is 5.94. The maximum atomic E-state index is 14.5. The summed E-state index contributed by atoms with van der Waals surface area (Å²) in [5, 5.41) is 10.3. The maximum Gasteiger partial charge on any atom is 0.248 e. The number of hydrogen-bond acceptors (Lipinski definition) is 7. The van der Waals surface area contributed by atoms with Gasteiger partial charge in [-0.3, -0.25) is 4.79 Å². The number of rotatable bonds is 7. The van der Waals surface area contributed by atoms with Gasteiger partial charge in [-0.05, 0) is 61.7 Å². The van der Waals surface area contributed by atoms with Crippen molar-refractivity contribution in [2.45, 2.75) is 0 Å². The Hall–Kier alpha value is -4.44. The van der Waals surface area contributed by atoms with Gasteiger partial charge in [0, 0.05) is 55.5 Å².